The Labute approximate surface area is 118 Å². The average Bonchev–Trinajstić information content (AvgIpc) is 2.46. The average molecular weight is 280 g/mol. The molecule has 1 fully saturated rings. The molecule has 0 aromatic heterocycles. The van der Waals surface area contributed by atoms with Crippen molar-refractivity contribution in [3.05, 3.63) is 35.9 Å². The van der Waals surface area contributed by atoms with Crippen molar-refractivity contribution in [2.75, 3.05) is 13.1 Å². The summed E-state index contributed by atoms with van der Waals surface area (Å²) in [5.41, 5.74) is 0.747. The zero-order chi connectivity index (χ0) is 13.7. The highest BCUT2D eigenvalue weighted by Crippen LogP contribution is 2.23. The summed E-state index contributed by atoms with van der Waals surface area (Å²) in [7, 11) is 0. The summed E-state index contributed by atoms with van der Waals surface area (Å²) < 4.78 is 0. The van der Waals surface area contributed by atoms with E-state index in [0.717, 1.165) is 37.9 Å². The smallest absolute Gasteiger partial charge is 0.253 e. The molecular formula is C15H18ClNO2. The number of likely N-dealkylation sites (tertiary alicyclic amines) is 1. The minimum atomic E-state index is -0.261. The summed E-state index contributed by atoms with van der Waals surface area (Å²) in [4.78, 5) is 24.9. The number of nitrogens with zero attached hydrogens (tertiary/aromatic N) is 1. The van der Waals surface area contributed by atoms with Gasteiger partial charge in [-0.25, -0.2) is 0 Å². The fraction of sp³-hybridized carbons (Fsp3) is 0.467. The zero-order valence-electron chi connectivity index (χ0n) is 10.8. The lowest BCUT2D eigenvalue weighted by molar-refractivity contribution is -0.112. The Morgan fingerprint density at radius 1 is 1.16 bits per heavy atom. The van der Waals surface area contributed by atoms with Gasteiger partial charge in [0.15, 0.2) is 0 Å². The van der Waals surface area contributed by atoms with E-state index in [1.165, 1.54) is 0 Å². The fourth-order valence-corrected chi connectivity index (χ4v) is 2.61. The van der Waals surface area contributed by atoms with Gasteiger partial charge in [-0.2, -0.15) is 0 Å². The van der Waals surface area contributed by atoms with Gasteiger partial charge in [0, 0.05) is 25.1 Å². The van der Waals surface area contributed by atoms with Gasteiger partial charge in [0.1, 0.15) is 0 Å². The van der Waals surface area contributed by atoms with E-state index >= 15 is 0 Å². The van der Waals surface area contributed by atoms with Gasteiger partial charge < -0.3 is 4.90 Å². The van der Waals surface area contributed by atoms with E-state index in [1.54, 1.807) is 0 Å². The van der Waals surface area contributed by atoms with Crippen LogP contribution >= 0.6 is 11.6 Å². The lowest BCUT2D eigenvalue weighted by atomic mass is 9.92. The maximum Gasteiger partial charge on any atom is 0.253 e. The molecule has 0 saturated carbocycles. The fourth-order valence-electron chi connectivity index (χ4n) is 2.51. The van der Waals surface area contributed by atoms with E-state index in [2.05, 4.69) is 0 Å². The Kier molecular flexibility index (Phi) is 4.97. The van der Waals surface area contributed by atoms with Crippen LogP contribution in [0, 0.1) is 5.92 Å². The third-order valence-electron chi connectivity index (χ3n) is 3.67. The molecular weight excluding hydrogens is 262 g/mol. The van der Waals surface area contributed by atoms with Gasteiger partial charge in [0.2, 0.25) is 5.24 Å². The second kappa shape index (κ2) is 6.71. The van der Waals surface area contributed by atoms with Crippen LogP contribution in [0.15, 0.2) is 30.3 Å². The molecule has 0 spiro atoms. The molecule has 0 aliphatic carbocycles. The van der Waals surface area contributed by atoms with Crippen LogP contribution < -0.4 is 0 Å². The van der Waals surface area contributed by atoms with Crippen molar-refractivity contribution in [2.24, 2.45) is 5.92 Å². The molecule has 3 nitrogen and oxygen atoms in total. The van der Waals surface area contributed by atoms with Crippen molar-refractivity contribution in [1.29, 1.82) is 0 Å². The number of rotatable bonds is 4. The van der Waals surface area contributed by atoms with E-state index in [0.29, 0.717) is 12.3 Å². The summed E-state index contributed by atoms with van der Waals surface area (Å²) in [5.74, 6) is 0.620. The van der Waals surface area contributed by atoms with Gasteiger partial charge in [-0.15, -0.1) is 0 Å². The molecule has 1 saturated heterocycles. The molecule has 0 bridgehead atoms. The van der Waals surface area contributed by atoms with E-state index in [4.69, 9.17) is 11.6 Å². The lowest BCUT2D eigenvalue weighted by Gasteiger charge is -2.32. The van der Waals surface area contributed by atoms with Crippen LogP contribution in [0.3, 0.4) is 0 Å². The van der Waals surface area contributed by atoms with Crippen LogP contribution in [0.4, 0.5) is 0 Å². The van der Waals surface area contributed by atoms with Crippen molar-refractivity contribution in [3.63, 3.8) is 0 Å². The van der Waals surface area contributed by atoms with Crippen molar-refractivity contribution in [1.82, 2.24) is 4.90 Å². The van der Waals surface area contributed by atoms with E-state index in [1.807, 2.05) is 35.2 Å². The first-order chi connectivity index (χ1) is 9.16. The maximum atomic E-state index is 12.2. The highest BCUT2D eigenvalue weighted by molar-refractivity contribution is 6.63. The predicted molar refractivity (Wildman–Crippen MR) is 75.2 cm³/mol. The van der Waals surface area contributed by atoms with Gasteiger partial charge in [-0.05, 0) is 48.9 Å². The first kappa shape index (κ1) is 14.1. The Bertz CT molecular complexity index is 439. The van der Waals surface area contributed by atoms with Gasteiger partial charge in [0.05, 0.1) is 0 Å². The molecule has 2 rings (SSSR count). The summed E-state index contributed by atoms with van der Waals surface area (Å²) in [6.45, 7) is 1.55. The first-order valence-corrected chi connectivity index (χ1v) is 7.07. The summed E-state index contributed by atoms with van der Waals surface area (Å²) in [6, 6.07) is 9.37. The van der Waals surface area contributed by atoms with Gasteiger partial charge >= 0.3 is 0 Å². The Hall–Kier alpha value is -1.35. The van der Waals surface area contributed by atoms with Crippen LogP contribution in [-0.2, 0) is 4.79 Å². The molecule has 1 amide bonds. The summed E-state index contributed by atoms with van der Waals surface area (Å²) in [6.07, 6.45) is 3.21. The number of carbonyl (C=O) groups is 2. The van der Waals surface area contributed by atoms with Crippen molar-refractivity contribution >= 4 is 22.8 Å². The molecule has 0 atom stereocenters. The van der Waals surface area contributed by atoms with Gasteiger partial charge in [0.25, 0.3) is 5.91 Å². The monoisotopic (exact) mass is 279 g/mol. The summed E-state index contributed by atoms with van der Waals surface area (Å²) >= 11 is 5.35. The highest BCUT2D eigenvalue weighted by atomic mass is 35.5. The Morgan fingerprint density at radius 3 is 2.37 bits per heavy atom. The van der Waals surface area contributed by atoms with Crippen LogP contribution in [0.5, 0.6) is 0 Å². The van der Waals surface area contributed by atoms with Gasteiger partial charge in [-0.3, -0.25) is 9.59 Å². The molecule has 102 valence electrons. The van der Waals surface area contributed by atoms with Crippen LogP contribution in [0.2, 0.25) is 0 Å². The molecule has 1 aromatic carbocycles. The maximum absolute atomic E-state index is 12.2. The number of amides is 1. The molecule has 1 aliphatic rings. The van der Waals surface area contributed by atoms with E-state index in [-0.39, 0.29) is 11.1 Å². The van der Waals surface area contributed by atoms with Gasteiger partial charge in [-0.1, -0.05) is 18.2 Å². The number of benzene rings is 1. The summed E-state index contributed by atoms with van der Waals surface area (Å²) in [5, 5.41) is -0.261. The second-order valence-corrected chi connectivity index (χ2v) is 5.42. The Balaban J connectivity index is 1.83. The molecule has 0 unspecified atom stereocenters. The molecule has 1 heterocycles. The SMILES string of the molecule is O=C(Cl)CCC1CCN(C(=O)c2ccccc2)CC1. The van der Waals surface area contributed by atoms with Crippen molar-refractivity contribution in [3.8, 4) is 0 Å². The quantitative estimate of drug-likeness (QED) is 0.794. The number of carbonyl (C=O) groups excluding carboxylic acids is 2. The minimum Gasteiger partial charge on any atom is -0.339 e. The topological polar surface area (TPSA) is 37.4 Å². The Morgan fingerprint density at radius 2 is 1.79 bits per heavy atom. The first-order valence-electron chi connectivity index (χ1n) is 6.69. The van der Waals surface area contributed by atoms with E-state index in [9.17, 15) is 9.59 Å². The molecule has 1 aromatic rings. The highest BCUT2D eigenvalue weighted by Gasteiger charge is 2.23. The second-order valence-electron chi connectivity index (χ2n) is 5.00. The number of hydrogen-bond acceptors (Lipinski definition) is 2. The number of halogens is 1. The normalized spacial score (nSPS) is 16.4. The number of piperidine rings is 1. The largest absolute Gasteiger partial charge is 0.339 e. The van der Waals surface area contributed by atoms with Crippen LogP contribution in [0.25, 0.3) is 0 Å². The zero-order valence-corrected chi connectivity index (χ0v) is 11.6. The molecule has 0 radical (unpaired) electrons. The number of hydrogen-bond donors (Lipinski definition) is 0. The van der Waals surface area contributed by atoms with Crippen LogP contribution in [0.1, 0.15) is 36.0 Å². The third kappa shape index (κ3) is 4.06. The molecule has 19 heavy (non-hydrogen) atoms. The molecule has 1 aliphatic heterocycles. The van der Waals surface area contributed by atoms with Crippen molar-refractivity contribution in [2.45, 2.75) is 25.7 Å². The van der Waals surface area contributed by atoms with Crippen LogP contribution in [-0.4, -0.2) is 29.1 Å². The molecule has 4 heteroatoms. The molecule has 0 N–H and O–H groups in total. The van der Waals surface area contributed by atoms with E-state index < -0.39 is 0 Å². The minimum absolute atomic E-state index is 0.104. The lowest BCUT2D eigenvalue weighted by Crippen LogP contribution is -2.38. The standard InChI is InChI=1S/C15H18ClNO2/c16-14(18)7-6-12-8-10-17(11-9-12)15(19)13-4-2-1-3-5-13/h1-5,12H,6-11H2. The predicted octanol–water partition coefficient (Wildman–Crippen LogP) is 3.08. The third-order valence-corrected chi connectivity index (χ3v) is 3.86. The van der Waals surface area contributed by atoms with Crippen molar-refractivity contribution < 1.29 is 9.59 Å².